The molecule has 12 heteroatoms. The molecule has 5 aromatic rings. The summed E-state index contributed by atoms with van der Waals surface area (Å²) in [4.78, 5) is 4.23. The van der Waals surface area contributed by atoms with Gasteiger partial charge in [-0.2, -0.15) is 22.9 Å². The van der Waals surface area contributed by atoms with Gasteiger partial charge in [-0.1, -0.05) is 24.3 Å². The standard InChI is InChI=1S/C26H27FN8O2S/c1-29-38(36,37)34-10-8-18(9-11-34)24-13-22(25-26(28)30-16-31-35(24)25)19-4-5-20-15-33(32-23(20)12-19)14-17-2-6-21(27)7-3-17/h2-7,12-13,15-16,18,29H,8-11,14H2,1H3,(H2,28,30,31). The topological polar surface area (TPSA) is 123 Å². The van der Waals surface area contributed by atoms with Crippen LogP contribution in [0.2, 0.25) is 0 Å². The maximum atomic E-state index is 13.3. The van der Waals surface area contributed by atoms with Crippen LogP contribution in [0.5, 0.6) is 0 Å². The molecule has 0 spiro atoms. The van der Waals surface area contributed by atoms with E-state index in [4.69, 9.17) is 10.8 Å². The van der Waals surface area contributed by atoms with E-state index < -0.39 is 10.2 Å². The number of hydrogen-bond donors (Lipinski definition) is 2. The predicted octanol–water partition coefficient (Wildman–Crippen LogP) is 3.16. The number of halogens is 1. The molecular formula is C26H27FN8O2S. The first-order chi connectivity index (χ1) is 18.3. The molecule has 0 amide bonds. The van der Waals surface area contributed by atoms with Gasteiger partial charge in [0.05, 0.1) is 12.1 Å². The lowest BCUT2D eigenvalue weighted by atomic mass is 9.94. The lowest BCUT2D eigenvalue weighted by molar-refractivity contribution is 0.312. The number of rotatable bonds is 6. The normalized spacial score (nSPS) is 15.5. The molecule has 1 saturated heterocycles. The maximum Gasteiger partial charge on any atom is 0.279 e. The molecule has 1 fully saturated rings. The Hall–Kier alpha value is -3.87. The molecule has 1 aliphatic rings. The third-order valence-electron chi connectivity index (χ3n) is 7.20. The number of anilines is 1. The van der Waals surface area contributed by atoms with Crippen LogP contribution in [0.4, 0.5) is 10.2 Å². The summed E-state index contributed by atoms with van der Waals surface area (Å²) < 4.78 is 45.2. The molecule has 0 radical (unpaired) electrons. The van der Waals surface area contributed by atoms with E-state index in [1.165, 1.54) is 29.8 Å². The number of nitrogens with two attached hydrogens (primary N) is 1. The van der Waals surface area contributed by atoms with Crippen LogP contribution in [0.1, 0.15) is 30.0 Å². The van der Waals surface area contributed by atoms with Gasteiger partial charge in [-0.25, -0.2) is 18.6 Å². The molecule has 6 rings (SSSR count). The molecule has 3 N–H and O–H groups in total. The van der Waals surface area contributed by atoms with Crippen molar-refractivity contribution in [3.05, 3.63) is 78.1 Å². The van der Waals surface area contributed by atoms with Gasteiger partial charge in [0, 0.05) is 48.9 Å². The van der Waals surface area contributed by atoms with Gasteiger partial charge in [-0.05, 0) is 48.2 Å². The molecule has 0 bridgehead atoms. The Bertz CT molecular complexity index is 1740. The van der Waals surface area contributed by atoms with Gasteiger partial charge >= 0.3 is 0 Å². The number of nitrogens with one attached hydrogen (secondary N) is 1. The molecule has 0 aliphatic carbocycles. The van der Waals surface area contributed by atoms with Gasteiger partial charge in [-0.15, -0.1) is 0 Å². The van der Waals surface area contributed by atoms with Crippen molar-refractivity contribution < 1.29 is 12.8 Å². The first kappa shape index (κ1) is 24.5. The molecule has 0 unspecified atom stereocenters. The van der Waals surface area contributed by atoms with Crippen molar-refractivity contribution in [1.82, 2.24) is 33.4 Å². The fourth-order valence-corrected chi connectivity index (χ4v) is 6.17. The number of nitrogens with zero attached hydrogens (tertiary/aromatic N) is 6. The zero-order valence-corrected chi connectivity index (χ0v) is 21.6. The fourth-order valence-electron chi connectivity index (χ4n) is 5.22. The van der Waals surface area contributed by atoms with Crippen molar-refractivity contribution in [2.45, 2.75) is 25.3 Å². The van der Waals surface area contributed by atoms with Crippen molar-refractivity contribution in [2.24, 2.45) is 0 Å². The lowest BCUT2D eigenvalue weighted by Gasteiger charge is -2.30. The minimum Gasteiger partial charge on any atom is -0.382 e. The molecule has 196 valence electrons. The molecule has 3 aromatic heterocycles. The molecule has 0 saturated carbocycles. The summed E-state index contributed by atoms with van der Waals surface area (Å²) in [7, 11) is -2.02. The Morgan fingerprint density at radius 3 is 2.61 bits per heavy atom. The zero-order chi connectivity index (χ0) is 26.4. The van der Waals surface area contributed by atoms with E-state index in [1.807, 2.05) is 33.6 Å². The second kappa shape index (κ2) is 9.46. The van der Waals surface area contributed by atoms with E-state index >= 15 is 0 Å². The highest BCUT2D eigenvalue weighted by atomic mass is 32.2. The SMILES string of the molecule is CNS(=O)(=O)N1CCC(c2cc(-c3ccc4cn(Cc5ccc(F)cc5)nc4c3)c3c(N)ncnn23)CC1. The number of fused-ring (bicyclic) bond motifs is 2. The van der Waals surface area contributed by atoms with Crippen LogP contribution in [-0.2, 0) is 16.8 Å². The zero-order valence-electron chi connectivity index (χ0n) is 20.7. The average Bonchev–Trinajstić information content (AvgIpc) is 3.51. The van der Waals surface area contributed by atoms with Gasteiger partial charge in [0.15, 0.2) is 5.82 Å². The highest BCUT2D eigenvalue weighted by Gasteiger charge is 2.30. The quantitative estimate of drug-likeness (QED) is 0.345. The highest BCUT2D eigenvalue weighted by molar-refractivity contribution is 7.87. The summed E-state index contributed by atoms with van der Waals surface area (Å²) in [5.41, 5.74) is 11.7. The summed E-state index contributed by atoms with van der Waals surface area (Å²) in [5, 5.41) is 10.2. The third kappa shape index (κ3) is 4.40. The summed E-state index contributed by atoms with van der Waals surface area (Å²) in [6.07, 6.45) is 4.75. The molecule has 4 heterocycles. The van der Waals surface area contributed by atoms with E-state index in [0.29, 0.717) is 38.3 Å². The number of piperidine rings is 1. The van der Waals surface area contributed by atoms with Crippen molar-refractivity contribution in [3.63, 3.8) is 0 Å². The minimum atomic E-state index is -3.45. The summed E-state index contributed by atoms with van der Waals surface area (Å²) in [5.74, 6) is 0.228. The van der Waals surface area contributed by atoms with Gasteiger partial charge in [0.25, 0.3) is 10.2 Å². The molecular weight excluding hydrogens is 507 g/mol. The fraction of sp³-hybridized carbons (Fsp3) is 0.269. The van der Waals surface area contributed by atoms with Gasteiger partial charge in [-0.3, -0.25) is 4.68 Å². The van der Waals surface area contributed by atoms with Crippen LogP contribution >= 0.6 is 0 Å². The van der Waals surface area contributed by atoms with Crippen molar-refractivity contribution in [2.75, 3.05) is 25.9 Å². The van der Waals surface area contributed by atoms with Crippen LogP contribution in [0.3, 0.4) is 0 Å². The van der Waals surface area contributed by atoms with Crippen LogP contribution in [-0.4, -0.2) is 57.2 Å². The van der Waals surface area contributed by atoms with E-state index in [1.54, 1.807) is 12.1 Å². The summed E-state index contributed by atoms with van der Waals surface area (Å²) in [6.45, 7) is 1.38. The Labute approximate surface area is 219 Å². The van der Waals surface area contributed by atoms with E-state index in [9.17, 15) is 12.8 Å². The molecule has 10 nitrogen and oxygen atoms in total. The monoisotopic (exact) mass is 534 g/mol. The van der Waals surface area contributed by atoms with Gasteiger partial charge in [0.2, 0.25) is 0 Å². The average molecular weight is 535 g/mol. The van der Waals surface area contributed by atoms with Crippen molar-refractivity contribution in [1.29, 1.82) is 0 Å². The Kier molecular flexibility index (Phi) is 6.09. The Morgan fingerprint density at radius 1 is 1.11 bits per heavy atom. The third-order valence-corrected chi connectivity index (χ3v) is 8.76. The van der Waals surface area contributed by atoms with Crippen LogP contribution in [0.15, 0.2) is 61.1 Å². The number of hydrogen-bond acceptors (Lipinski definition) is 6. The smallest absolute Gasteiger partial charge is 0.279 e. The summed E-state index contributed by atoms with van der Waals surface area (Å²) in [6, 6.07) is 14.6. The van der Waals surface area contributed by atoms with Crippen LogP contribution < -0.4 is 10.5 Å². The second-order valence-corrected chi connectivity index (χ2v) is 11.4. The maximum absolute atomic E-state index is 13.3. The summed E-state index contributed by atoms with van der Waals surface area (Å²) >= 11 is 0. The van der Waals surface area contributed by atoms with E-state index in [0.717, 1.165) is 38.8 Å². The minimum absolute atomic E-state index is 0.118. The number of nitrogen functional groups attached to an aromatic ring is 1. The number of benzene rings is 2. The largest absolute Gasteiger partial charge is 0.382 e. The van der Waals surface area contributed by atoms with Crippen molar-refractivity contribution >= 4 is 32.4 Å². The van der Waals surface area contributed by atoms with Crippen LogP contribution in [0, 0.1) is 5.82 Å². The van der Waals surface area contributed by atoms with Crippen molar-refractivity contribution in [3.8, 4) is 11.1 Å². The molecule has 2 aromatic carbocycles. The van der Waals surface area contributed by atoms with Gasteiger partial charge in [0.1, 0.15) is 17.7 Å². The molecule has 1 aliphatic heterocycles. The lowest BCUT2D eigenvalue weighted by Crippen LogP contribution is -2.43. The second-order valence-electron chi connectivity index (χ2n) is 9.50. The molecule has 38 heavy (non-hydrogen) atoms. The highest BCUT2D eigenvalue weighted by Crippen LogP contribution is 2.37. The number of aromatic nitrogens is 5. The molecule has 0 atom stereocenters. The Morgan fingerprint density at radius 2 is 1.87 bits per heavy atom. The van der Waals surface area contributed by atoms with Gasteiger partial charge < -0.3 is 5.73 Å². The van der Waals surface area contributed by atoms with E-state index in [-0.39, 0.29) is 11.7 Å². The first-order valence-electron chi connectivity index (χ1n) is 12.3. The first-order valence-corrected chi connectivity index (χ1v) is 13.8. The van der Waals surface area contributed by atoms with Crippen LogP contribution in [0.25, 0.3) is 27.5 Å². The predicted molar refractivity (Wildman–Crippen MR) is 143 cm³/mol. The van der Waals surface area contributed by atoms with E-state index in [2.05, 4.69) is 20.9 Å². The Balaban J connectivity index is 1.34.